The number of rotatable bonds is 2. The van der Waals surface area contributed by atoms with Gasteiger partial charge in [-0.2, -0.15) is 0 Å². The van der Waals surface area contributed by atoms with Gasteiger partial charge in [0.15, 0.2) is 0 Å². The summed E-state index contributed by atoms with van der Waals surface area (Å²) in [5, 5.41) is 2.71. The van der Waals surface area contributed by atoms with Gasteiger partial charge in [0.05, 0.1) is 19.6 Å². The van der Waals surface area contributed by atoms with Gasteiger partial charge in [-0.05, 0) is 17.7 Å². The molecule has 2 rings (SSSR count). The third kappa shape index (κ3) is 2.25. The van der Waals surface area contributed by atoms with E-state index in [1.165, 1.54) is 17.0 Å². The predicted octanol–water partition coefficient (Wildman–Crippen LogP) is 0.284. The van der Waals surface area contributed by atoms with Crippen LogP contribution in [-0.2, 0) is 16.1 Å². The number of piperazine rings is 1. The fraction of sp³-hybridized carbons (Fsp3) is 0.273. The Hall–Kier alpha value is -1.75. The molecule has 84 valence electrons. The number of carbonyl (C=O) groups excluding carboxylic acids is 2. The van der Waals surface area contributed by atoms with Gasteiger partial charge in [-0.15, -0.1) is 0 Å². The van der Waals surface area contributed by atoms with E-state index < -0.39 is 0 Å². The SMILES string of the molecule is O=C1CNCC(=O)N1Cc1ccc(F)cc1. The summed E-state index contributed by atoms with van der Waals surface area (Å²) in [6.07, 6.45) is 0. The lowest BCUT2D eigenvalue weighted by Crippen LogP contribution is -2.51. The summed E-state index contributed by atoms with van der Waals surface area (Å²) in [5.74, 6) is -0.831. The van der Waals surface area contributed by atoms with Gasteiger partial charge in [-0.3, -0.25) is 19.8 Å². The van der Waals surface area contributed by atoms with E-state index in [1.807, 2.05) is 0 Å². The minimum absolute atomic E-state index is 0.174. The molecule has 16 heavy (non-hydrogen) atoms. The van der Waals surface area contributed by atoms with Gasteiger partial charge < -0.3 is 0 Å². The van der Waals surface area contributed by atoms with Crippen LogP contribution in [0.3, 0.4) is 0 Å². The average molecular weight is 222 g/mol. The molecule has 5 heteroatoms. The lowest BCUT2D eigenvalue weighted by molar-refractivity contribution is -0.147. The standard InChI is InChI=1S/C11H11FN2O2/c12-9-3-1-8(2-4-9)7-14-10(15)5-13-6-11(14)16/h1-4,13H,5-7H2. The fourth-order valence-corrected chi connectivity index (χ4v) is 1.56. The molecule has 2 amide bonds. The Morgan fingerprint density at radius 3 is 2.25 bits per heavy atom. The zero-order chi connectivity index (χ0) is 11.5. The summed E-state index contributed by atoms with van der Waals surface area (Å²) in [6, 6.07) is 5.76. The minimum Gasteiger partial charge on any atom is -0.300 e. The molecule has 1 aliphatic heterocycles. The Morgan fingerprint density at radius 2 is 1.69 bits per heavy atom. The van der Waals surface area contributed by atoms with Crippen LogP contribution in [-0.4, -0.2) is 29.8 Å². The molecule has 0 atom stereocenters. The molecule has 1 fully saturated rings. The average Bonchev–Trinajstić information content (AvgIpc) is 2.26. The fourth-order valence-electron chi connectivity index (χ4n) is 1.56. The summed E-state index contributed by atoms with van der Waals surface area (Å²) in [7, 11) is 0. The largest absolute Gasteiger partial charge is 0.300 e. The van der Waals surface area contributed by atoms with E-state index in [-0.39, 0.29) is 37.3 Å². The van der Waals surface area contributed by atoms with Gasteiger partial charge in [0.2, 0.25) is 11.8 Å². The van der Waals surface area contributed by atoms with Crippen LogP contribution in [0.5, 0.6) is 0 Å². The molecule has 4 nitrogen and oxygen atoms in total. The van der Waals surface area contributed by atoms with Crippen LogP contribution in [0.25, 0.3) is 0 Å². The van der Waals surface area contributed by atoms with Gasteiger partial charge in [0.25, 0.3) is 0 Å². The molecule has 0 unspecified atom stereocenters. The molecule has 1 saturated heterocycles. The molecule has 0 aromatic heterocycles. The Balaban J connectivity index is 2.10. The van der Waals surface area contributed by atoms with Gasteiger partial charge >= 0.3 is 0 Å². The number of nitrogens with zero attached hydrogens (tertiary/aromatic N) is 1. The number of carbonyl (C=O) groups is 2. The maximum absolute atomic E-state index is 12.7. The van der Waals surface area contributed by atoms with Crippen molar-refractivity contribution in [1.29, 1.82) is 0 Å². The normalized spacial score (nSPS) is 16.7. The van der Waals surface area contributed by atoms with E-state index in [2.05, 4.69) is 5.32 Å². The van der Waals surface area contributed by atoms with E-state index >= 15 is 0 Å². The molecular weight excluding hydrogens is 211 g/mol. The number of imide groups is 1. The number of benzene rings is 1. The molecule has 0 radical (unpaired) electrons. The monoisotopic (exact) mass is 222 g/mol. The first-order valence-corrected chi connectivity index (χ1v) is 4.95. The number of nitrogens with one attached hydrogen (secondary N) is 1. The van der Waals surface area contributed by atoms with E-state index in [0.29, 0.717) is 0 Å². The number of hydrogen-bond acceptors (Lipinski definition) is 3. The molecule has 1 aliphatic rings. The highest BCUT2D eigenvalue weighted by Crippen LogP contribution is 2.08. The lowest BCUT2D eigenvalue weighted by atomic mass is 10.2. The first-order valence-electron chi connectivity index (χ1n) is 4.95. The van der Waals surface area contributed by atoms with Crippen LogP contribution in [0.15, 0.2) is 24.3 Å². The van der Waals surface area contributed by atoms with E-state index in [1.54, 1.807) is 12.1 Å². The van der Waals surface area contributed by atoms with Crippen molar-refractivity contribution in [3.05, 3.63) is 35.6 Å². The maximum atomic E-state index is 12.7. The second kappa shape index (κ2) is 4.40. The molecule has 0 aliphatic carbocycles. The van der Waals surface area contributed by atoms with Crippen LogP contribution in [0, 0.1) is 5.82 Å². The molecule has 1 N–H and O–H groups in total. The van der Waals surface area contributed by atoms with Crippen molar-refractivity contribution in [3.63, 3.8) is 0 Å². The predicted molar refractivity (Wildman–Crippen MR) is 54.8 cm³/mol. The second-order valence-electron chi connectivity index (χ2n) is 3.60. The smallest absolute Gasteiger partial charge is 0.243 e. The van der Waals surface area contributed by atoms with Crippen LogP contribution >= 0.6 is 0 Å². The maximum Gasteiger partial charge on any atom is 0.243 e. The summed E-state index contributed by atoms with van der Waals surface area (Å²) in [5.41, 5.74) is 0.741. The Bertz CT molecular complexity index is 400. The highest BCUT2D eigenvalue weighted by molar-refractivity contribution is 5.99. The molecule has 0 spiro atoms. The van der Waals surface area contributed by atoms with E-state index in [0.717, 1.165) is 5.56 Å². The van der Waals surface area contributed by atoms with E-state index in [9.17, 15) is 14.0 Å². The number of halogens is 1. The van der Waals surface area contributed by atoms with Crippen molar-refractivity contribution in [2.45, 2.75) is 6.54 Å². The first-order chi connectivity index (χ1) is 7.66. The van der Waals surface area contributed by atoms with Gasteiger partial charge in [0, 0.05) is 0 Å². The van der Waals surface area contributed by atoms with Gasteiger partial charge in [-0.1, -0.05) is 12.1 Å². The molecule has 1 aromatic carbocycles. The van der Waals surface area contributed by atoms with Crippen LogP contribution in [0.2, 0.25) is 0 Å². The van der Waals surface area contributed by atoms with Crippen molar-refractivity contribution in [2.24, 2.45) is 0 Å². The topological polar surface area (TPSA) is 49.4 Å². The first kappa shape index (κ1) is 10.8. The molecule has 0 bridgehead atoms. The van der Waals surface area contributed by atoms with Gasteiger partial charge in [-0.25, -0.2) is 4.39 Å². The molecule has 0 saturated carbocycles. The van der Waals surface area contributed by atoms with Crippen molar-refractivity contribution in [3.8, 4) is 0 Å². The lowest BCUT2D eigenvalue weighted by Gasteiger charge is -2.25. The Morgan fingerprint density at radius 1 is 1.12 bits per heavy atom. The zero-order valence-corrected chi connectivity index (χ0v) is 8.57. The van der Waals surface area contributed by atoms with E-state index in [4.69, 9.17) is 0 Å². The highest BCUT2D eigenvalue weighted by atomic mass is 19.1. The Kier molecular flexibility index (Phi) is 2.96. The van der Waals surface area contributed by atoms with Crippen LogP contribution in [0.4, 0.5) is 4.39 Å². The van der Waals surface area contributed by atoms with Crippen molar-refractivity contribution >= 4 is 11.8 Å². The minimum atomic E-state index is -0.332. The third-order valence-corrected chi connectivity index (χ3v) is 2.41. The van der Waals surface area contributed by atoms with Crippen LogP contribution in [0.1, 0.15) is 5.56 Å². The molecule has 1 aromatic rings. The highest BCUT2D eigenvalue weighted by Gasteiger charge is 2.25. The summed E-state index contributed by atoms with van der Waals surface area (Å²) >= 11 is 0. The third-order valence-electron chi connectivity index (χ3n) is 2.41. The zero-order valence-electron chi connectivity index (χ0n) is 8.57. The quantitative estimate of drug-likeness (QED) is 0.731. The molecule has 1 heterocycles. The van der Waals surface area contributed by atoms with Gasteiger partial charge in [0.1, 0.15) is 5.82 Å². The summed E-state index contributed by atoms with van der Waals surface area (Å²) in [4.78, 5) is 24.1. The number of amides is 2. The van der Waals surface area contributed by atoms with Crippen LogP contribution < -0.4 is 5.32 Å². The van der Waals surface area contributed by atoms with Crippen molar-refractivity contribution in [2.75, 3.05) is 13.1 Å². The summed E-state index contributed by atoms with van der Waals surface area (Å²) < 4.78 is 12.7. The molecular formula is C11H11FN2O2. The van der Waals surface area contributed by atoms with Crippen molar-refractivity contribution < 1.29 is 14.0 Å². The number of hydrogen-bond donors (Lipinski definition) is 1. The Labute approximate surface area is 92.0 Å². The summed E-state index contributed by atoms with van der Waals surface area (Å²) in [6.45, 7) is 0.555. The van der Waals surface area contributed by atoms with Crippen molar-refractivity contribution in [1.82, 2.24) is 10.2 Å². The second-order valence-corrected chi connectivity index (χ2v) is 3.60.